The van der Waals surface area contributed by atoms with Gasteiger partial charge in [0.15, 0.2) is 5.03 Å². The minimum absolute atomic E-state index is 0.111. The van der Waals surface area contributed by atoms with E-state index in [0.717, 1.165) is 6.42 Å². The smallest absolute Gasteiger partial charge is 0.262 e. The van der Waals surface area contributed by atoms with E-state index in [1.165, 1.54) is 4.31 Å². The number of hydrogen-bond donors (Lipinski definition) is 0. The lowest BCUT2D eigenvalue weighted by atomic mass is 10.5. The predicted molar refractivity (Wildman–Crippen MR) is 72.4 cm³/mol. The predicted octanol–water partition coefficient (Wildman–Crippen LogP) is 1.85. The summed E-state index contributed by atoms with van der Waals surface area (Å²) in [5.74, 6) is 0.991. The summed E-state index contributed by atoms with van der Waals surface area (Å²) >= 11 is 5.66. The van der Waals surface area contributed by atoms with Crippen molar-refractivity contribution in [3.05, 3.63) is 12.0 Å². The van der Waals surface area contributed by atoms with E-state index >= 15 is 0 Å². The van der Waals surface area contributed by atoms with Gasteiger partial charge >= 0.3 is 0 Å². The van der Waals surface area contributed by atoms with E-state index in [1.54, 1.807) is 13.1 Å². The van der Waals surface area contributed by atoms with Crippen molar-refractivity contribution < 1.29 is 8.42 Å². The van der Waals surface area contributed by atoms with Crippen molar-refractivity contribution >= 4 is 21.6 Å². The molecule has 0 saturated carbocycles. The first-order valence-electron chi connectivity index (χ1n) is 6.07. The van der Waals surface area contributed by atoms with Crippen LogP contribution in [0.1, 0.15) is 26.1 Å². The SMILES string of the molecule is CCCN(CCCl)S(=O)(=O)c1cn(CC)c(C)n1. The lowest BCUT2D eigenvalue weighted by Crippen LogP contribution is -2.33. The summed E-state index contributed by atoms with van der Waals surface area (Å²) in [7, 11) is -3.52. The Morgan fingerprint density at radius 2 is 2.06 bits per heavy atom. The number of imidazole rings is 1. The maximum Gasteiger partial charge on any atom is 0.262 e. The number of halogens is 1. The molecule has 1 heterocycles. The standard InChI is InChI=1S/C11H20ClN3O2S/c1-4-7-15(8-6-12)18(16,17)11-9-14(5-2)10(3)13-11/h9H,4-8H2,1-3H3. The van der Waals surface area contributed by atoms with Crippen LogP contribution >= 0.6 is 11.6 Å². The maximum atomic E-state index is 12.4. The second-order valence-corrected chi connectivity index (χ2v) is 6.27. The van der Waals surface area contributed by atoms with Crippen molar-refractivity contribution in [3.8, 4) is 0 Å². The molecule has 0 atom stereocenters. The van der Waals surface area contributed by atoms with E-state index in [0.29, 0.717) is 25.5 Å². The van der Waals surface area contributed by atoms with E-state index in [9.17, 15) is 8.42 Å². The van der Waals surface area contributed by atoms with Gasteiger partial charge in [0.05, 0.1) is 0 Å². The van der Waals surface area contributed by atoms with E-state index in [1.807, 2.05) is 18.4 Å². The average Bonchev–Trinajstić information content (AvgIpc) is 2.71. The largest absolute Gasteiger partial charge is 0.334 e. The van der Waals surface area contributed by atoms with E-state index in [-0.39, 0.29) is 10.9 Å². The second kappa shape index (κ2) is 6.54. The van der Waals surface area contributed by atoms with Crippen LogP contribution in [-0.2, 0) is 16.6 Å². The van der Waals surface area contributed by atoms with Gasteiger partial charge < -0.3 is 4.57 Å². The Hall–Kier alpha value is -0.590. The summed E-state index contributed by atoms with van der Waals surface area (Å²) < 4.78 is 28.0. The molecular formula is C11H20ClN3O2S. The van der Waals surface area contributed by atoms with Crippen molar-refractivity contribution in [2.75, 3.05) is 19.0 Å². The zero-order valence-electron chi connectivity index (χ0n) is 11.1. The summed E-state index contributed by atoms with van der Waals surface area (Å²) in [6.07, 6.45) is 2.34. The minimum Gasteiger partial charge on any atom is -0.334 e. The van der Waals surface area contributed by atoms with Gasteiger partial charge in [-0.1, -0.05) is 6.92 Å². The first kappa shape index (κ1) is 15.5. The van der Waals surface area contributed by atoms with Gasteiger partial charge in [0.1, 0.15) is 5.82 Å². The molecule has 0 aliphatic heterocycles. The van der Waals surface area contributed by atoms with Crippen LogP contribution in [0, 0.1) is 6.92 Å². The Morgan fingerprint density at radius 1 is 1.39 bits per heavy atom. The summed E-state index contributed by atoms with van der Waals surface area (Å²) in [5.41, 5.74) is 0. The molecule has 0 unspecified atom stereocenters. The van der Waals surface area contributed by atoms with Crippen molar-refractivity contribution in [3.63, 3.8) is 0 Å². The monoisotopic (exact) mass is 293 g/mol. The van der Waals surface area contributed by atoms with Gasteiger partial charge in [-0.25, -0.2) is 13.4 Å². The fourth-order valence-corrected chi connectivity index (χ4v) is 3.58. The molecule has 0 aromatic carbocycles. The zero-order chi connectivity index (χ0) is 13.8. The number of nitrogens with zero attached hydrogens (tertiary/aromatic N) is 3. The van der Waals surface area contributed by atoms with E-state index in [4.69, 9.17) is 11.6 Å². The fourth-order valence-electron chi connectivity index (χ4n) is 1.75. The van der Waals surface area contributed by atoms with Gasteiger partial charge in [-0.2, -0.15) is 4.31 Å². The first-order valence-corrected chi connectivity index (χ1v) is 8.04. The molecule has 0 radical (unpaired) electrons. The van der Waals surface area contributed by atoms with Gasteiger partial charge in [-0.05, 0) is 20.3 Å². The van der Waals surface area contributed by atoms with E-state index in [2.05, 4.69) is 4.98 Å². The highest BCUT2D eigenvalue weighted by Crippen LogP contribution is 2.15. The van der Waals surface area contributed by atoms with Crippen LogP contribution in [0.2, 0.25) is 0 Å². The highest BCUT2D eigenvalue weighted by Gasteiger charge is 2.26. The van der Waals surface area contributed by atoms with Crippen molar-refractivity contribution in [1.29, 1.82) is 0 Å². The zero-order valence-corrected chi connectivity index (χ0v) is 12.6. The molecular weight excluding hydrogens is 274 g/mol. The quantitative estimate of drug-likeness (QED) is 0.721. The number of hydrogen-bond acceptors (Lipinski definition) is 3. The van der Waals surface area contributed by atoms with Crippen molar-refractivity contribution in [2.45, 2.75) is 38.8 Å². The summed E-state index contributed by atoms with van der Waals surface area (Å²) in [6, 6.07) is 0. The number of alkyl halides is 1. The summed E-state index contributed by atoms with van der Waals surface area (Å²) in [5, 5.41) is 0.111. The van der Waals surface area contributed by atoms with Gasteiger partial charge in [0.2, 0.25) is 0 Å². The van der Waals surface area contributed by atoms with Crippen LogP contribution in [0.15, 0.2) is 11.2 Å². The number of rotatable bonds is 7. The molecule has 0 aliphatic rings. The van der Waals surface area contributed by atoms with Gasteiger partial charge in [0.25, 0.3) is 10.0 Å². The van der Waals surface area contributed by atoms with Crippen LogP contribution in [0.25, 0.3) is 0 Å². The third-order valence-electron chi connectivity index (χ3n) is 2.71. The molecule has 0 fully saturated rings. The Bertz CT molecular complexity index is 478. The molecule has 0 N–H and O–H groups in total. The molecule has 0 amide bonds. The lowest BCUT2D eigenvalue weighted by molar-refractivity contribution is 0.426. The molecule has 0 spiro atoms. The first-order chi connectivity index (χ1) is 8.47. The molecule has 1 rings (SSSR count). The molecule has 7 heteroatoms. The van der Waals surface area contributed by atoms with Crippen molar-refractivity contribution in [1.82, 2.24) is 13.9 Å². The molecule has 0 saturated heterocycles. The lowest BCUT2D eigenvalue weighted by Gasteiger charge is -2.18. The van der Waals surface area contributed by atoms with Crippen LogP contribution in [0.4, 0.5) is 0 Å². The number of aromatic nitrogens is 2. The molecule has 18 heavy (non-hydrogen) atoms. The highest BCUT2D eigenvalue weighted by atomic mass is 35.5. The Balaban J connectivity index is 3.09. The Morgan fingerprint density at radius 3 is 2.50 bits per heavy atom. The van der Waals surface area contributed by atoms with Crippen LogP contribution in [-0.4, -0.2) is 41.2 Å². The van der Waals surface area contributed by atoms with Crippen molar-refractivity contribution in [2.24, 2.45) is 0 Å². The summed E-state index contributed by atoms with van der Waals surface area (Å²) in [6.45, 7) is 7.18. The molecule has 1 aromatic rings. The van der Waals surface area contributed by atoms with Crippen LogP contribution in [0.3, 0.4) is 0 Å². The molecule has 0 bridgehead atoms. The van der Waals surface area contributed by atoms with E-state index < -0.39 is 10.0 Å². The number of aryl methyl sites for hydroxylation is 2. The maximum absolute atomic E-state index is 12.4. The van der Waals surface area contributed by atoms with Gasteiger partial charge in [0, 0.05) is 31.7 Å². The van der Waals surface area contributed by atoms with Crippen LogP contribution in [0.5, 0.6) is 0 Å². The average molecular weight is 294 g/mol. The topological polar surface area (TPSA) is 55.2 Å². The Kier molecular flexibility index (Phi) is 5.62. The van der Waals surface area contributed by atoms with Gasteiger partial charge in [-0.15, -0.1) is 11.6 Å². The summed E-state index contributed by atoms with van der Waals surface area (Å²) in [4.78, 5) is 4.13. The number of sulfonamides is 1. The normalized spacial score (nSPS) is 12.3. The molecule has 0 aliphatic carbocycles. The van der Waals surface area contributed by atoms with Gasteiger partial charge in [-0.3, -0.25) is 0 Å². The minimum atomic E-state index is -3.52. The third-order valence-corrected chi connectivity index (χ3v) is 4.65. The molecule has 1 aromatic heterocycles. The second-order valence-electron chi connectivity index (χ2n) is 4.01. The molecule has 104 valence electrons. The highest BCUT2D eigenvalue weighted by molar-refractivity contribution is 7.89. The molecule has 5 nitrogen and oxygen atoms in total. The van der Waals surface area contributed by atoms with Crippen LogP contribution < -0.4 is 0 Å². The fraction of sp³-hybridized carbons (Fsp3) is 0.727. The Labute approximate surface area is 114 Å². The third kappa shape index (κ3) is 3.24.